The number of carbonyl (C=O) groups excluding carboxylic acids is 1. The fraction of sp³-hybridized carbons (Fsp3) is 0.917. The van der Waals surface area contributed by atoms with Crippen LogP contribution in [-0.4, -0.2) is 55.5 Å². The summed E-state index contributed by atoms with van der Waals surface area (Å²) in [5.74, 6) is 1.31. The molecule has 0 saturated carbocycles. The number of amides is 1. The second-order valence-corrected chi connectivity index (χ2v) is 5.14. The molecule has 0 aromatic heterocycles. The van der Waals surface area contributed by atoms with Crippen molar-refractivity contribution in [1.29, 1.82) is 0 Å². The molecule has 1 fully saturated rings. The maximum absolute atomic E-state index is 11.7. The van der Waals surface area contributed by atoms with E-state index in [4.69, 9.17) is 5.73 Å². The molecule has 1 amide bonds. The number of hydrogen-bond donors (Lipinski definition) is 1. The van der Waals surface area contributed by atoms with Crippen LogP contribution in [0.4, 0.5) is 0 Å². The summed E-state index contributed by atoms with van der Waals surface area (Å²) in [7, 11) is 1.88. The normalized spacial score (nSPS) is 21.3. The minimum Gasteiger partial charge on any atom is -0.345 e. The van der Waals surface area contributed by atoms with E-state index < -0.39 is 0 Å². The van der Waals surface area contributed by atoms with Gasteiger partial charge in [0.05, 0.1) is 6.54 Å². The Morgan fingerprint density at radius 2 is 2.06 bits per heavy atom. The van der Waals surface area contributed by atoms with Crippen molar-refractivity contribution in [3.05, 3.63) is 0 Å². The molecular formula is C12H25N3O. The van der Waals surface area contributed by atoms with Crippen molar-refractivity contribution in [2.24, 2.45) is 17.6 Å². The largest absolute Gasteiger partial charge is 0.345 e. The Bertz CT molecular complexity index is 230. The Labute approximate surface area is 98.8 Å². The Balaban J connectivity index is 2.50. The van der Waals surface area contributed by atoms with E-state index in [9.17, 15) is 4.79 Å². The summed E-state index contributed by atoms with van der Waals surface area (Å²) in [6.45, 7) is 8.50. The van der Waals surface area contributed by atoms with Gasteiger partial charge < -0.3 is 10.6 Å². The molecule has 16 heavy (non-hydrogen) atoms. The molecule has 1 atom stereocenters. The van der Waals surface area contributed by atoms with Gasteiger partial charge in [0.15, 0.2) is 0 Å². The third-order valence-corrected chi connectivity index (χ3v) is 3.49. The van der Waals surface area contributed by atoms with Crippen molar-refractivity contribution in [2.75, 3.05) is 39.8 Å². The highest BCUT2D eigenvalue weighted by atomic mass is 16.2. The Morgan fingerprint density at radius 3 is 2.62 bits per heavy atom. The van der Waals surface area contributed by atoms with Crippen LogP contribution in [0.5, 0.6) is 0 Å². The molecule has 0 aromatic carbocycles. The molecular weight excluding hydrogens is 202 g/mol. The van der Waals surface area contributed by atoms with Crippen LogP contribution in [0.2, 0.25) is 0 Å². The first kappa shape index (κ1) is 13.5. The molecule has 1 aliphatic heterocycles. The lowest BCUT2D eigenvalue weighted by Crippen LogP contribution is -2.39. The average Bonchev–Trinajstić information content (AvgIpc) is 2.38. The van der Waals surface area contributed by atoms with Crippen LogP contribution in [0.3, 0.4) is 0 Å². The molecule has 2 N–H and O–H groups in total. The van der Waals surface area contributed by atoms with Crippen LogP contribution in [0.1, 0.15) is 20.3 Å². The van der Waals surface area contributed by atoms with E-state index in [0.717, 1.165) is 26.1 Å². The smallest absolute Gasteiger partial charge is 0.236 e. The summed E-state index contributed by atoms with van der Waals surface area (Å²) in [6.07, 6.45) is 1.07. The van der Waals surface area contributed by atoms with Crippen LogP contribution in [0, 0.1) is 11.8 Å². The highest BCUT2D eigenvalue weighted by Gasteiger charge is 2.22. The van der Waals surface area contributed by atoms with E-state index in [1.165, 1.54) is 0 Å². The van der Waals surface area contributed by atoms with E-state index in [0.29, 0.717) is 24.9 Å². The molecule has 1 saturated heterocycles. The Morgan fingerprint density at radius 1 is 1.38 bits per heavy atom. The minimum absolute atomic E-state index is 0.233. The van der Waals surface area contributed by atoms with Gasteiger partial charge in [-0.2, -0.15) is 0 Å². The lowest BCUT2D eigenvalue weighted by Gasteiger charge is -2.27. The monoisotopic (exact) mass is 227 g/mol. The summed E-state index contributed by atoms with van der Waals surface area (Å²) in [5.41, 5.74) is 5.77. The number of nitrogens with two attached hydrogens (primary N) is 1. The molecule has 1 unspecified atom stereocenters. The maximum Gasteiger partial charge on any atom is 0.236 e. The summed E-state index contributed by atoms with van der Waals surface area (Å²) in [4.78, 5) is 15.8. The third-order valence-electron chi connectivity index (χ3n) is 3.49. The SMILES string of the molecule is CC(C)C(CN)CN1CCCN(C)C(=O)C1. The number of nitrogens with zero attached hydrogens (tertiary/aromatic N) is 2. The summed E-state index contributed by atoms with van der Waals surface area (Å²) < 4.78 is 0. The fourth-order valence-corrected chi connectivity index (χ4v) is 2.09. The molecule has 1 heterocycles. The van der Waals surface area contributed by atoms with Gasteiger partial charge in [-0.05, 0) is 24.8 Å². The summed E-state index contributed by atoms with van der Waals surface area (Å²) in [6, 6.07) is 0. The predicted octanol–water partition coefficient (Wildman–Crippen LogP) is 0.381. The van der Waals surface area contributed by atoms with Crippen molar-refractivity contribution in [1.82, 2.24) is 9.80 Å². The number of likely N-dealkylation sites (N-methyl/N-ethyl adjacent to an activating group) is 1. The van der Waals surface area contributed by atoms with Gasteiger partial charge in [0.25, 0.3) is 0 Å². The molecule has 0 radical (unpaired) electrons. The van der Waals surface area contributed by atoms with Crippen molar-refractivity contribution in [3.8, 4) is 0 Å². The van der Waals surface area contributed by atoms with Crippen LogP contribution in [0.15, 0.2) is 0 Å². The number of carbonyl (C=O) groups is 1. The first-order chi connectivity index (χ1) is 7.54. The molecule has 1 rings (SSSR count). The summed E-state index contributed by atoms with van der Waals surface area (Å²) in [5, 5.41) is 0. The number of hydrogen-bond acceptors (Lipinski definition) is 3. The van der Waals surface area contributed by atoms with E-state index in [1.54, 1.807) is 0 Å². The molecule has 0 spiro atoms. The molecule has 1 aliphatic rings. The van der Waals surface area contributed by atoms with Crippen LogP contribution in [0.25, 0.3) is 0 Å². The van der Waals surface area contributed by atoms with Crippen molar-refractivity contribution < 1.29 is 4.79 Å². The van der Waals surface area contributed by atoms with Gasteiger partial charge in [0.2, 0.25) is 5.91 Å². The minimum atomic E-state index is 0.233. The van der Waals surface area contributed by atoms with Crippen molar-refractivity contribution >= 4 is 5.91 Å². The van der Waals surface area contributed by atoms with Crippen LogP contribution >= 0.6 is 0 Å². The lowest BCUT2D eigenvalue weighted by atomic mass is 9.95. The third kappa shape index (κ3) is 3.76. The van der Waals surface area contributed by atoms with Crippen LogP contribution < -0.4 is 5.73 Å². The van der Waals surface area contributed by atoms with Crippen LogP contribution in [-0.2, 0) is 4.79 Å². The molecule has 0 aliphatic carbocycles. The highest BCUT2D eigenvalue weighted by Crippen LogP contribution is 2.13. The first-order valence-electron chi connectivity index (χ1n) is 6.21. The van der Waals surface area contributed by atoms with E-state index in [2.05, 4.69) is 18.7 Å². The number of rotatable bonds is 4. The van der Waals surface area contributed by atoms with E-state index in [-0.39, 0.29) is 5.91 Å². The summed E-state index contributed by atoms with van der Waals surface area (Å²) >= 11 is 0. The van der Waals surface area contributed by atoms with Gasteiger partial charge in [-0.1, -0.05) is 13.8 Å². The molecule has 0 bridgehead atoms. The van der Waals surface area contributed by atoms with Gasteiger partial charge in [0, 0.05) is 26.7 Å². The second kappa shape index (κ2) is 6.21. The van der Waals surface area contributed by atoms with Gasteiger partial charge in [-0.15, -0.1) is 0 Å². The molecule has 94 valence electrons. The van der Waals surface area contributed by atoms with Crippen molar-refractivity contribution in [3.63, 3.8) is 0 Å². The zero-order valence-corrected chi connectivity index (χ0v) is 10.8. The first-order valence-corrected chi connectivity index (χ1v) is 6.21. The Hall–Kier alpha value is -0.610. The van der Waals surface area contributed by atoms with Crippen molar-refractivity contribution in [2.45, 2.75) is 20.3 Å². The van der Waals surface area contributed by atoms with Gasteiger partial charge >= 0.3 is 0 Å². The van der Waals surface area contributed by atoms with Gasteiger partial charge in [-0.3, -0.25) is 9.69 Å². The van der Waals surface area contributed by atoms with E-state index in [1.807, 2.05) is 11.9 Å². The highest BCUT2D eigenvalue weighted by molar-refractivity contribution is 5.78. The van der Waals surface area contributed by atoms with E-state index >= 15 is 0 Å². The zero-order chi connectivity index (χ0) is 12.1. The topological polar surface area (TPSA) is 49.6 Å². The lowest BCUT2D eigenvalue weighted by molar-refractivity contribution is -0.130. The molecule has 0 aromatic rings. The predicted molar refractivity (Wildman–Crippen MR) is 66.1 cm³/mol. The fourth-order valence-electron chi connectivity index (χ4n) is 2.09. The standard InChI is InChI=1S/C12H25N3O/c1-10(2)11(7-13)8-15-6-4-5-14(3)12(16)9-15/h10-11H,4-9,13H2,1-3H3. The average molecular weight is 227 g/mol. The van der Waals surface area contributed by atoms with Gasteiger partial charge in [0.1, 0.15) is 0 Å². The molecule has 4 heteroatoms. The molecule has 4 nitrogen and oxygen atoms in total. The van der Waals surface area contributed by atoms with Gasteiger partial charge in [-0.25, -0.2) is 0 Å². The maximum atomic E-state index is 11.7. The zero-order valence-electron chi connectivity index (χ0n) is 10.8. The second-order valence-electron chi connectivity index (χ2n) is 5.14. The quantitative estimate of drug-likeness (QED) is 0.755. The Kier molecular flexibility index (Phi) is 5.22.